The van der Waals surface area contributed by atoms with Crippen molar-refractivity contribution < 1.29 is 4.74 Å². The van der Waals surface area contributed by atoms with Crippen LogP contribution in [-0.4, -0.2) is 30.6 Å². The Morgan fingerprint density at radius 2 is 1.83 bits per heavy atom. The first-order valence-corrected chi connectivity index (χ1v) is 8.18. The van der Waals surface area contributed by atoms with Crippen LogP contribution in [0.3, 0.4) is 0 Å². The van der Waals surface area contributed by atoms with E-state index in [4.69, 9.17) is 4.74 Å². The van der Waals surface area contributed by atoms with Gasteiger partial charge in [0.25, 0.3) is 10.9 Å². The van der Waals surface area contributed by atoms with Gasteiger partial charge < -0.3 is 10.1 Å². The van der Waals surface area contributed by atoms with E-state index in [0.29, 0.717) is 12.3 Å². The van der Waals surface area contributed by atoms with Crippen LogP contribution in [-0.2, 0) is 6.54 Å². The predicted octanol–water partition coefficient (Wildman–Crippen LogP) is 1.76. The second-order valence-corrected chi connectivity index (χ2v) is 5.98. The number of likely N-dealkylation sites (tertiary alicyclic amines) is 1. The maximum absolute atomic E-state index is 11.7. The lowest BCUT2D eigenvalue weighted by Crippen LogP contribution is -2.43. The van der Waals surface area contributed by atoms with Gasteiger partial charge in [-0.15, -0.1) is 0 Å². The lowest BCUT2D eigenvalue weighted by atomic mass is 10.0. The number of nitrogens with zero attached hydrogens (tertiary/aromatic N) is 1. The van der Waals surface area contributed by atoms with E-state index < -0.39 is 10.9 Å². The highest BCUT2D eigenvalue weighted by molar-refractivity contribution is 5.62. The Kier molecular flexibility index (Phi) is 4.76. The second-order valence-electron chi connectivity index (χ2n) is 5.98. The van der Waals surface area contributed by atoms with Crippen molar-refractivity contribution in [1.29, 1.82) is 0 Å². The maximum Gasteiger partial charge on any atom is 0.272 e. The second kappa shape index (κ2) is 6.96. The van der Waals surface area contributed by atoms with Crippen LogP contribution in [0.4, 0.5) is 5.69 Å². The fourth-order valence-electron chi connectivity index (χ4n) is 3.07. The quantitative estimate of drug-likeness (QED) is 0.823. The third kappa shape index (κ3) is 3.45. The monoisotopic (exact) mass is 314 g/mol. The van der Waals surface area contributed by atoms with E-state index in [1.54, 1.807) is 0 Å². The third-order valence-corrected chi connectivity index (χ3v) is 4.34. The summed E-state index contributed by atoms with van der Waals surface area (Å²) >= 11 is 0. The lowest BCUT2D eigenvalue weighted by molar-refractivity contribution is 0.211. The molecule has 2 aromatic carbocycles. The highest BCUT2D eigenvalue weighted by atomic mass is 16.5. The van der Waals surface area contributed by atoms with Gasteiger partial charge in [0.2, 0.25) is 0 Å². The zero-order chi connectivity index (χ0) is 16.2. The minimum absolute atomic E-state index is 0.212. The molecular weight excluding hydrogens is 292 g/mol. The Balaban J connectivity index is 1.53. The third-order valence-electron chi connectivity index (χ3n) is 4.34. The van der Waals surface area contributed by atoms with Gasteiger partial charge in [-0.3, -0.25) is 14.5 Å². The molecule has 1 saturated heterocycles. The van der Waals surface area contributed by atoms with E-state index >= 15 is 0 Å². The minimum atomic E-state index is -0.504. The van der Waals surface area contributed by atoms with E-state index in [9.17, 15) is 9.59 Å². The molecule has 0 amide bonds. The molecule has 0 saturated carbocycles. The molecule has 0 radical (unpaired) electrons. The molecular formula is C18H22N2O3. The van der Waals surface area contributed by atoms with Crippen LogP contribution >= 0.6 is 0 Å². The number of hydrogen-bond acceptors (Lipinski definition) is 5. The summed E-state index contributed by atoms with van der Waals surface area (Å²) < 4.78 is 5.25. The molecule has 0 bridgehead atoms. The van der Waals surface area contributed by atoms with Gasteiger partial charge in [0.1, 0.15) is 5.69 Å². The molecule has 0 spiro atoms. The van der Waals surface area contributed by atoms with E-state index in [1.807, 2.05) is 13.0 Å². The fraction of sp³-hybridized carbons (Fsp3) is 0.444. The van der Waals surface area contributed by atoms with Gasteiger partial charge in [-0.2, -0.15) is 0 Å². The van der Waals surface area contributed by atoms with Gasteiger partial charge in [-0.25, -0.2) is 0 Å². The van der Waals surface area contributed by atoms with E-state index in [1.165, 1.54) is 5.56 Å². The Morgan fingerprint density at radius 3 is 2.48 bits per heavy atom. The van der Waals surface area contributed by atoms with Crippen molar-refractivity contribution in [3.63, 3.8) is 0 Å². The zero-order valence-corrected chi connectivity index (χ0v) is 13.4. The zero-order valence-electron chi connectivity index (χ0n) is 13.4. The summed E-state index contributed by atoms with van der Waals surface area (Å²) in [5.74, 6) is 0.212. The SMILES string of the molecule is CCOc1c(NC2CCN(Cc3ccccc3)CC2)c(=O)c1=O. The average molecular weight is 314 g/mol. The van der Waals surface area contributed by atoms with Crippen LogP contribution in [0.25, 0.3) is 0 Å². The lowest BCUT2D eigenvalue weighted by Gasteiger charge is -2.33. The van der Waals surface area contributed by atoms with Gasteiger partial charge in [-0.1, -0.05) is 30.3 Å². The number of hydrogen-bond donors (Lipinski definition) is 1. The highest BCUT2D eigenvalue weighted by Gasteiger charge is 2.26. The van der Waals surface area contributed by atoms with Gasteiger partial charge in [0, 0.05) is 25.7 Å². The molecule has 0 unspecified atom stereocenters. The first-order valence-electron chi connectivity index (χ1n) is 8.18. The predicted molar refractivity (Wildman–Crippen MR) is 90.9 cm³/mol. The average Bonchev–Trinajstić information content (AvgIpc) is 2.60. The standard InChI is InChI=1S/C18H22N2O3/c1-2-23-18-15(16(21)17(18)22)19-14-8-10-20(11-9-14)12-13-6-4-3-5-7-13/h3-7,14,19H,2,8-12H2,1H3. The Labute approximate surface area is 135 Å². The summed E-state index contributed by atoms with van der Waals surface area (Å²) in [6, 6.07) is 10.7. The molecule has 3 rings (SSSR count). The van der Waals surface area contributed by atoms with Crippen LogP contribution in [0, 0.1) is 0 Å². The summed E-state index contributed by atoms with van der Waals surface area (Å²) in [6.45, 7) is 5.12. The molecule has 0 aliphatic carbocycles. The normalized spacial score (nSPS) is 16.6. The van der Waals surface area contributed by atoms with Crippen molar-refractivity contribution in [2.24, 2.45) is 0 Å². The molecule has 0 aromatic heterocycles. The van der Waals surface area contributed by atoms with E-state index in [0.717, 1.165) is 32.5 Å². The number of nitrogens with one attached hydrogen (secondary N) is 1. The summed E-state index contributed by atoms with van der Waals surface area (Å²) in [7, 11) is 0. The summed E-state index contributed by atoms with van der Waals surface area (Å²) in [5, 5.41) is 3.21. The molecule has 5 heteroatoms. The summed E-state index contributed by atoms with van der Waals surface area (Å²) in [6.07, 6.45) is 1.91. The molecule has 5 nitrogen and oxygen atoms in total. The molecule has 1 aliphatic rings. The van der Waals surface area contributed by atoms with E-state index in [-0.39, 0.29) is 11.8 Å². The van der Waals surface area contributed by atoms with Crippen LogP contribution in [0.15, 0.2) is 39.9 Å². The smallest absolute Gasteiger partial charge is 0.272 e. The summed E-state index contributed by atoms with van der Waals surface area (Å²) in [5.41, 5.74) is 0.745. The molecule has 2 aromatic rings. The molecule has 1 heterocycles. The number of ether oxygens (including phenoxy) is 1. The highest BCUT2D eigenvalue weighted by Crippen LogP contribution is 2.22. The Hall–Kier alpha value is -2.14. The number of anilines is 1. The Morgan fingerprint density at radius 1 is 1.13 bits per heavy atom. The molecule has 0 atom stereocenters. The number of piperidine rings is 1. The van der Waals surface area contributed by atoms with Crippen LogP contribution in [0.2, 0.25) is 0 Å². The number of rotatable bonds is 6. The van der Waals surface area contributed by atoms with Gasteiger partial charge in [0.15, 0.2) is 5.75 Å². The topological polar surface area (TPSA) is 58.6 Å². The van der Waals surface area contributed by atoms with Crippen LogP contribution in [0.1, 0.15) is 25.3 Å². The van der Waals surface area contributed by atoms with Crippen molar-refractivity contribution in [2.75, 3.05) is 25.0 Å². The van der Waals surface area contributed by atoms with Crippen molar-refractivity contribution >= 4 is 5.69 Å². The molecule has 1 aliphatic heterocycles. The minimum Gasteiger partial charge on any atom is -0.488 e. The van der Waals surface area contributed by atoms with Gasteiger partial charge in [0.05, 0.1) is 6.61 Å². The first kappa shape index (κ1) is 15.7. The van der Waals surface area contributed by atoms with E-state index in [2.05, 4.69) is 34.5 Å². The largest absolute Gasteiger partial charge is 0.488 e. The Bertz CT molecular complexity index is 712. The molecule has 1 N–H and O–H groups in total. The van der Waals surface area contributed by atoms with Gasteiger partial charge >= 0.3 is 0 Å². The van der Waals surface area contributed by atoms with Crippen LogP contribution < -0.4 is 20.9 Å². The fourth-order valence-corrected chi connectivity index (χ4v) is 3.07. The molecule has 122 valence electrons. The molecule has 23 heavy (non-hydrogen) atoms. The molecule has 1 fully saturated rings. The van der Waals surface area contributed by atoms with Crippen molar-refractivity contribution in [3.05, 3.63) is 56.3 Å². The van der Waals surface area contributed by atoms with Crippen molar-refractivity contribution in [1.82, 2.24) is 4.90 Å². The van der Waals surface area contributed by atoms with Crippen molar-refractivity contribution in [2.45, 2.75) is 32.4 Å². The summed E-state index contributed by atoms with van der Waals surface area (Å²) in [4.78, 5) is 25.6. The first-order chi connectivity index (χ1) is 11.2. The van der Waals surface area contributed by atoms with Crippen molar-refractivity contribution in [3.8, 4) is 5.75 Å². The number of benzene rings is 1. The maximum atomic E-state index is 11.7. The van der Waals surface area contributed by atoms with Gasteiger partial charge in [-0.05, 0) is 25.3 Å². The van der Waals surface area contributed by atoms with Crippen LogP contribution in [0.5, 0.6) is 5.75 Å².